The van der Waals surface area contributed by atoms with Gasteiger partial charge in [0.1, 0.15) is 11.3 Å². The van der Waals surface area contributed by atoms with E-state index in [2.05, 4.69) is 5.32 Å². The molecular weight excluding hydrogens is 434 g/mol. The van der Waals surface area contributed by atoms with Crippen molar-refractivity contribution < 1.29 is 33.9 Å². The summed E-state index contributed by atoms with van der Waals surface area (Å²) in [5.74, 6) is -5.52. The number of furan rings is 1. The summed E-state index contributed by atoms with van der Waals surface area (Å²) in [4.78, 5) is 50.4. The summed E-state index contributed by atoms with van der Waals surface area (Å²) >= 11 is 0. The van der Waals surface area contributed by atoms with Gasteiger partial charge in [0.15, 0.2) is 5.54 Å². The molecule has 5 rings (SSSR count). The lowest BCUT2D eigenvalue weighted by Gasteiger charge is -2.28. The molecule has 3 aromatic rings. The van der Waals surface area contributed by atoms with Crippen LogP contribution in [0.3, 0.4) is 0 Å². The van der Waals surface area contributed by atoms with Crippen LogP contribution < -0.4 is 10.2 Å². The number of non-ortho nitro benzene ring substituents is 1. The number of aliphatic hydroxyl groups is 1. The third-order valence-electron chi connectivity index (χ3n) is 6.34. The zero-order valence-electron chi connectivity index (χ0n) is 16.9. The summed E-state index contributed by atoms with van der Waals surface area (Å²) in [5, 5.41) is 34.7. The predicted molar refractivity (Wildman–Crippen MR) is 112 cm³/mol. The Morgan fingerprint density at radius 2 is 1.91 bits per heavy atom. The van der Waals surface area contributed by atoms with E-state index in [1.54, 1.807) is 30.3 Å². The first kappa shape index (κ1) is 20.8. The van der Waals surface area contributed by atoms with Crippen molar-refractivity contribution in [3.8, 4) is 0 Å². The highest BCUT2D eigenvalue weighted by atomic mass is 16.6. The number of imide groups is 1. The van der Waals surface area contributed by atoms with E-state index in [9.17, 15) is 34.7 Å². The zero-order valence-corrected chi connectivity index (χ0v) is 16.9. The van der Waals surface area contributed by atoms with Gasteiger partial charge in [-0.1, -0.05) is 24.3 Å². The molecular formula is C22H17N3O8. The van der Waals surface area contributed by atoms with Crippen molar-refractivity contribution in [2.75, 3.05) is 11.5 Å². The third-order valence-corrected chi connectivity index (χ3v) is 6.34. The second-order valence-electron chi connectivity index (χ2n) is 8.04. The average molecular weight is 451 g/mol. The Labute approximate surface area is 185 Å². The maximum atomic E-state index is 13.5. The number of aliphatic hydroxyl groups excluding tert-OH is 1. The predicted octanol–water partition coefficient (Wildman–Crippen LogP) is 1.61. The molecule has 2 aliphatic rings. The molecule has 33 heavy (non-hydrogen) atoms. The van der Waals surface area contributed by atoms with Gasteiger partial charge in [-0.15, -0.1) is 0 Å². The van der Waals surface area contributed by atoms with Crippen LogP contribution >= 0.6 is 0 Å². The zero-order chi connectivity index (χ0) is 23.5. The first-order valence-corrected chi connectivity index (χ1v) is 10.0. The highest BCUT2D eigenvalue weighted by molar-refractivity contribution is 6.24. The number of nitrogens with one attached hydrogen (secondary N) is 1. The number of hydrogen-bond acceptors (Lipinski definition) is 8. The van der Waals surface area contributed by atoms with Crippen LogP contribution in [0.15, 0.2) is 59.0 Å². The number of hydrogen-bond donors (Lipinski definition) is 3. The first-order valence-electron chi connectivity index (χ1n) is 10.0. The number of nitro benzene ring substituents is 1. The molecule has 0 aliphatic carbocycles. The van der Waals surface area contributed by atoms with Crippen molar-refractivity contribution in [2.24, 2.45) is 11.8 Å². The minimum absolute atomic E-state index is 0.0471. The van der Waals surface area contributed by atoms with E-state index in [1.165, 1.54) is 18.2 Å². The van der Waals surface area contributed by atoms with Gasteiger partial charge >= 0.3 is 5.97 Å². The molecule has 3 N–H and O–H groups in total. The molecule has 0 spiro atoms. The number of anilines is 1. The Balaban J connectivity index is 1.64. The van der Waals surface area contributed by atoms with Crippen LogP contribution in [0.1, 0.15) is 11.8 Å². The molecule has 1 aromatic heterocycles. The number of nitro groups is 1. The van der Waals surface area contributed by atoms with Crippen molar-refractivity contribution >= 4 is 40.1 Å². The number of aliphatic carboxylic acids is 1. The molecule has 0 saturated carbocycles. The number of benzene rings is 2. The Kier molecular flexibility index (Phi) is 4.55. The van der Waals surface area contributed by atoms with Crippen molar-refractivity contribution in [3.05, 3.63) is 70.5 Å². The number of para-hydroxylation sites is 1. The molecule has 11 heteroatoms. The normalized spacial score (nSPS) is 26.7. The Bertz CT molecular complexity index is 1300. The van der Waals surface area contributed by atoms with Crippen LogP contribution in [0, 0.1) is 22.0 Å². The van der Waals surface area contributed by atoms with Gasteiger partial charge in [-0.2, -0.15) is 0 Å². The number of carboxylic acid groups (broad SMARTS) is 1. The molecule has 2 aromatic carbocycles. The maximum absolute atomic E-state index is 13.5. The quantitative estimate of drug-likeness (QED) is 0.297. The van der Waals surface area contributed by atoms with E-state index < -0.39 is 52.7 Å². The van der Waals surface area contributed by atoms with Crippen molar-refractivity contribution in [1.29, 1.82) is 0 Å². The van der Waals surface area contributed by atoms with Crippen LogP contribution in [0.4, 0.5) is 11.4 Å². The minimum atomic E-state index is -2.14. The fourth-order valence-corrected chi connectivity index (χ4v) is 4.81. The summed E-state index contributed by atoms with van der Waals surface area (Å²) in [5.41, 5.74) is -2.01. The summed E-state index contributed by atoms with van der Waals surface area (Å²) < 4.78 is 5.84. The molecule has 4 atom stereocenters. The monoisotopic (exact) mass is 451 g/mol. The van der Waals surface area contributed by atoms with Gasteiger partial charge in [-0.3, -0.25) is 29.8 Å². The SMILES string of the molecule is O=C1C2C(c3cc4ccccc4o3)NC(CO)(C(=O)O)C2C(=O)N1c1cccc([N+](=O)[O-])c1. The van der Waals surface area contributed by atoms with Crippen LogP contribution in [0.25, 0.3) is 11.0 Å². The van der Waals surface area contributed by atoms with E-state index in [0.717, 1.165) is 16.4 Å². The molecule has 2 aliphatic heterocycles. The highest BCUT2D eigenvalue weighted by Gasteiger charge is 2.69. The largest absolute Gasteiger partial charge is 0.480 e. The van der Waals surface area contributed by atoms with E-state index in [1.807, 2.05) is 0 Å². The number of carboxylic acids is 1. The number of carbonyl (C=O) groups excluding carboxylic acids is 2. The second kappa shape index (κ2) is 7.22. The molecule has 0 bridgehead atoms. The van der Waals surface area contributed by atoms with Gasteiger partial charge in [0.25, 0.3) is 5.69 Å². The summed E-state index contributed by atoms with van der Waals surface area (Å²) in [6, 6.07) is 12.6. The van der Waals surface area contributed by atoms with Gasteiger partial charge in [0.2, 0.25) is 11.8 Å². The fraction of sp³-hybridized carbons (Fsp3) is 0.227. The second-order valence-corrected chi connectivity index (χ2v) is 8.04. The average Bonchev–Trinajstić information content (AvgIpc) is 3.45. The Hall–Kier alpha value is -4.09. The number of fused-ring (bicyclic) bond motifs is 2. The van der Waals surface area contributed by atoms with Crippen LogP contribution in [-0.4, -0.2) is 45.1 Å². The molecule has 0 radical (unpaired) electrons. The first-order chi connectivity index (χ1) is 15.8. The maximum Gasteiger partial charge on any atom is 0.327 e. The van der Waals surface area contributed by atoms with E-state index >= 15 is 0 Å². The van der Waals surface area contributed by atoms with Crippen LogP contribution in [0.2, 0.25) is 0 Å². The number of rotatable bonds is 5. The van der Waals surface area contributed by atoms with Gasteiger partial charge in [-0.25, -0.2) is 4.90 Å². The number of amides is 2. The highest BCUT2D eigenvalue weighted by Crippen LogP contribution is 2.50. The molecule has 2 saturated heterocycles. The topological polar surface area (TPSA) is 163 Å². The van der Waals surface area contributed by atoms with Gasteiger partial charge in [0.05, 0.1) is 35.1 Å². The van der Waals surface area contributed by atoms with Gasteiger partial charge < -0.3 is 14.6 Å². The minimum Gasteiger partial charge on any atom is -0.480 e. The molecule has 11 nitrogen and oxygen atoms in total. The standard InChI is InChI=1S/C22H17N3O8/c26-10-22(21(29)30)17-16(18(23-22)15-8-11-4-1-2-7-14(11)33-15)19(27)24(20(17)28)12-5-3-6-13(9-12)25(31)32/h1-9,16-18,23,26H,10H2,(H,29,30). The van der Waals surface area contributed by atoms with Gasteiger partial charge in [0, 0.05) is 17.5 Å². The molecule has 2 fully saturated rings. The lowest BCUT2D eigenvalue weighted by atomic mass is 9.80. The lowest BCUT2D eigenvalue weighted by Crippen LogP contribution is -2.58. The third kappa shape index (κ3) is 2.86. The smallest absolute Gasteiger partial charge is 0.327 e. The molecule has 3 heterocycles. The summed E-state index contributed by atoms with van der Waals surface area (Å²) in [6.45, 7) is -0.956. The van der Waals surface area contributed by atoms with Crippen LogP contribution in [-0.2, 0) is 14.4 Å². The lowest BCUT2D eigenvalue weighted by molar-refractivity contribution is -0.384. The Morgan fingerprint density at radius 1 is 1.15 bits per heavy atom. The van der Waals surface area contributed by atoms with Crippen LogP contribution in [0.5, 0.6) is 0 Å². The molecule has 4 unspecified atom stereocenters. The molecule has 168 valence electrons. The van der Waals surface area contributed by atoms with Crippen molar-refractivity contribution in [3.63, 3.8) is 0 Å². The number of carbonyl (C=O) groups is 3. The van der Waals surface area contributed by atoms with Crippen molar-refractivity contribution in [2.45, 2.75) is 11.6 Å². The van der Waals surface area contributed by atoms with Crippen molar-refractivity contribution in [1.82, 2.24) is 5.32 Å². The number of nitrogens with zero attached hydrogens (tertiary/aromatic N) is 2. The fourth-order valence-electron chi connectivity index (χ4n) is 4.81. The van der Waals surface area contributed by atoms with E-state index in [-0.39, 0.29) is 17.1 Å². The van der Waals surface area contributed by atoms with E-state index in [4.69, 9.17) is 4.42 Å². The summed E-state index contributed by atoms with van der Waals surface area (Å²) in [6.07, 6.45) is 0. The molecule has 2 amide bonds. The summed E-state index contributed by atoms with van der Waals surface area (Å²) in [7, 11) is 0. The van der Waals surface area contributed by atoms with Gasteiger partial charge in [-0.05, 0) is 18.2 Å². The Morgan fingerprint density at radius 3 is 2.58 bits per heavy atom. The van der Waals surface area contributed by atoms with E-state index in [0.29, 0.717) is 5.58 Å².